The lowest BCUT2D eigenvalue weighted by Gasteiger charge is -2.39. The first-order valence-electron chi connectivity index (χ1n) is 6.38. The van der Waals surface area contributed by atoms with Gasteiger partial charge >= 0.3 is 5.97 Å². The van der Waals surface area contributed by atoms with Gasteiger partial charge in [-0.1, -0.05) is 20.8 Å². The van der Waals surface area contributed by atoms with Crippen molar-refractivity contribution >= 4 is 5.97 Å². The number of rotatable bonds is 2. The Balaban J connectivity index is 2.71. The first kappa shape index (κ1) is 14.5. The van der Waals surface area contributed by atoms with Crippen LogP contribution in [0.2, 0.25) is 0 Å². The summed E-state index contributed by atoms with van der Waals surface area (Å²) in [5.74, 6) is -0.165. The smallest absolute Gasteiger partial charge is 0.306 e. The van der Waals surface area contributed by atoms with Gasteiger partial charge in [-0.25, -0.2) is 0 Å². The summed E-state index contributed by atoms with van der Waals surface area (Å²) in [6, 6.07) is 0. The van der Waals surface area contributed by atoms with Crippen LogP contribution >= 0.6 is 0 Å². The molecule has 0 radical (unpaired) electrons. The molecule has 0 spiro atoms. The van der Waals surface area contributed by atoms with E-state index in [4.69, 9.17) is 4.74 Å². The van der Waals surface area contributed by atoms with Crippen molar-refractivity contribution in [2.45, 2.75) is 72.5 Å². The maximum absolute atomic E-state index is 11.9. The van der Waals surface area contributed by atoms with Crippen molar-refractivity contribution in [3.05, 3.63) is 0 Å². The standard InChI is InChI=1S/C14H26O3/c1-12(2,3)17-11(16)9-14(6)8-7-10(15)13(14,4)5/h10,15H,7-9H2,1-6H3. The highest BCUT2D eigenvalue weighted by Crippen LogP contribution is 2.54. The Labute approximate surface area is 105 Å². The van der Waals surface area contributed by atoms with Gasteiger partial charge in [0, 0.05) is 0 Å². The molecular weight excluding hydrogens is 216 g/mol. The predicted molar refractivity (Wildman–Crippen MR) is 67.6 cm³/mol. The number of ether oxygens (including phenoxy) is 1. The maximum atomic E-state index is 11.9. The van der Waals surface area contributed by atoms with Crippen LogP contribution in [0.15, 0.2) is 0 Å². The Kier molecular flexibility index (Phi) is 3.64. The Morgan fingerprint density at radius 1 is 1.35 bits per heavy atom. The third-order valence-corrected chi connectivity index (χ3v) is 4.31. The molecule has 1 saturated carbocycles. The molecule has 0 aliphatic heterocycles. The van der Waals surface area contributed by atoms with Crippen molar-refractivity contribution in [2.75, 3.05) is 0 Å². The van der Waals surface area contributed by atoms with Gasteiger partial charge in [-0.15, -0.1) is 0 Å². The number of carbonyl (C=O) groups is 1. The Morgan fingerprint density at radius 3 is 2.24 bits per heavy atom. The number of aliphatic hydroxyl groups is 1. The number of esters is 1. The van der Waals surface area contributed by atoms with E-state index in [0.29, 0.717) is 6.42 Å². The number of carbonyl (C=O) groups excluding carboxylic acids is 1. The van der Waals surface area contributed by atoms with Crippen LogP contribution in [-0.2, 0) is 9.53 Å². The monoisotopic (exact) mass is 242 g/mol. The van der Waals surface area contributed by atoms with Gasteiger partial charge in [-0.3, -0.25) is 4.79 Å². The quantitative estimate of drug-likeness (QED) is 0.757. The molecule has 1 rings (SSSR count). The fourth-order valence-electron chi connectivity index (χ4n) is 2.55. The van der Waals surface area contributed by atoms with Crippen LogP contribution in [0.4, 0.5) is 0 Å². The van der Waals surface area contributed by atoms with E-state index >= 15 is 0 Å². The highest BCUT2D eigenvalue weighted by Gasteiger charge is 2.52. The Hall–Kier alpha value is -0.570. The summed E-state index contributed by atoms with van der Waals surface area (Å²) in [6.07, 6.45) is 1.70. The molecule has 100 valence electrons. The number of hydrogen-bond donors (Lipinski definition) is 1. The molecule has 3 heteroatoms. The van der Waals surface area contributed by atoms with Gasteiger partial charge in [-0.2, -0.15) is 0 Å². The molecule has 2 atom stereocenters. The van der Waals surface area contributed by atoms with E-state index in [1.165, 1.54) is 0 Å². The predicted octanol–water partition coefficient (Wildman–Crippen LogP) is 2.91. The average molecular weight is 242 g/mol. The molecular formula is C14H26O3. The first-order chi connectivity index (χ1) is 7.48. The summed E-state index contributed by atoms with van der Waals surface area (Å²) >= 11 is 0. The van der Waals surface area contributed by atoms with Crippen LogP contribution in [-0.4, -0.2) is 22.8 Å². The van der Waals surface area contributed by atoms with E-state index in [2.05, 4.69) is 6.92 Å². The lowest BCUT2D eigenvalue weighted by molar-refractivity contribution is -0.159. The van der Waals surface area contributed by atoms with Gasteiger partial charge in [0.15, 0.2) is 0 Å². The highest BCUT2D eigenvalue weighted by molar-refractivity contribution is 5.71. The van der Waals surface area contributed by atoms with Crippen LogP contribution in [0.1, 0.15) is 60.8 Å². The summed E-state index contributed by atoms with van der Waals surface area (Å²) in [7, 11) is 0. The second-order valence-electron chi connectivity index (χ2n) is 7.10. The normalized spacial score (nSPS) is 32.5. The van der Waals surface area contributed by atoms with Crippen LogP contribution in [0, 0.1) is 10.8 Å². The fraction of sp³-hybridized carbons (Fsp3) is 0.929. The van der Waals surface area contributed by atoms with Crippen molar-refractivity contribution in [3.8, 4) is 0 Å². The summed E-state index contributed by atoms with van der Waals surface area (Å²) < 4.78 is 5.37. The van der Waals surface area contributed by atoms with E-state index in [9.17, 15) is 9.90 Å². The largest absolute Gasteiger partial charge is 0.460 e. The van der Waals surface area contributed by atoms with Gasteiger partial charge in [0.1, 0.15) is 5.60 Å². The molecule has 3 nitrogen and oxygen atoms in total. The third-order valence-electron chi connectivity index (χ3n) is 4.31. The van der Waals surface area contributed by atoms with Gasteiger partial charge in [0.05, 0.1) is 12.5 Å². The molecule has 0 aromatic carbocycles. The van der Waals surface area contributed by atoms with Crippen molar-refractivity contribution in [1.29, 1.82) is 0 Å². The summed E-state index contributed by atoms with van der Waals surface area (Å²) in [5.41, 5.74) is -0.840. The molecule has 2 unspecified atom stereocenters. The third kappa shape index (κ3) is 3.01. The van der Waals surface area contributed by atoms with E-state index in [-0.39, 0.29) is 22.9 Å². The summed E-state index contributed by atoms with van der Waals surface area (Å²) in [5, 5.41) is 9.99. The summed E-state index contributed by atoms with van der Waals surface area (Å²) in [4.78, 5) is 11.9. The second-order valence-corrected chi connectivity index (χ2v) is 7.10. The zero-order valence-electron chi connectivity index (χ0n) is 12.0. The van der Waals surface area contributed by atoms with Crippen molar-refractivity contribution in [1.82, 2.24) is 0 Å². The summed E-state index contributed by atoms with van der Waals surface area (Å²) in [6.45, 7) is 11.8. The van der Waals surface area contributed by atoms with Crippen LogP contribution in [0.25, 0.3) is 0 Å². The molecule has 1 aliphatic carbocycles. The maximum Gasteiger partial charge on any atom is 0.306 e. The van der Waals surface area contributed by atoms with Gasteiger partial charge in [0.2, 0.25) is 0 Å². The molecule has 1 aliphatic rings. The van der Waals surface area contributed by atoms with Gasteiger partial charge in [-0.05, 0) is 44.4 Å². The van der Waals surface area contributed by atoms with Gasteiger partial charge < -0.3 is 9.84 Å². The molecule has 0 aromatic heterocycles. The van der Waals surface area contributed by atoms with Crippen LogP contribution in [0.3, 0.4) is 0 Å². The fourth-order valence-corrected chi connectivity index (χ4v) is 2.55. The zero-order valence-corrected chi connectivity index (χ0v) is 12.0. The topological polar surface area (TPSA) is 46.5 Å². The first-order valence-corrected chi connectivity index (χ1v) is 6.38. The van der Waals surface area contributed by atoms with Crippen molar-refractivity contribution in [2.24, 2.45) is 10.8 Å². The van der Waals surface area contributed by atoms with Crippen molar-refractivity contribution < 1.29 is 14.6 Å². The lowest BCUT2D eigenvalue weighted by Crippen LogP contribution is -2.39. The molecule has 0 amide bonds. The minimum absolute atomic E-state index is 0.165. The highest BCUT2D eigenvalue weighted by atomic mass is 16.6. The van der Waals surface area contributed by atoms with E-state index in [1.54, 1.807) is 0 Å². The molecule has 1 fully saturated rings. The molecule has 0 heterocycles. The Morgan fingerprint density at radius 2 is 1.88 bits per heavy atom. The SMILES string of the molecule is CC(C)(C)OC(=O)CC1(C)CCC(O)C1(C)C. The van der Waals surface area contributed by atoms with E-state index in [0.717, 1.165) is 12.8 Å². The average Bonchev–Trinajstić information content (AvgIpc) is 2.26. The second kappa shape index (κ2) is 4.27. The minimum atomic E-state index is -0.436. The van der Waals surface area contributed by atoms with Crippen molar-refractivity contribution in [3.63, 3.8) is 0 Å². The van der Waals surface area contributed by atoms with Crippen LogP contribution in [0.5, 0.6) is 0 Å². The number of aliphatic hydroxyl groups excluding tert-OH is 1. The molecule has 0 aromatic rings. The number of hydrogen-bond acceptors (Lipinski definition) is 3. The Bertz CT molecular complexity index is 301. The molecule has 0 bridgehead atoms. The van der Waals surface area contributed by atoms with E-state index in [1.807, 2.05) is 34.6 Å². The van der Waals surface area contributed by atoms with Gasteiger partial charge in [0.25, 0.3) is 0 Å². The lowest BCUT2D eigenvalue weighted by atomic mass is 9.66. The molecule has 1 N–H and O–H groups in total. The van der Waals surface area contributed by atoms with E-state index < -0.39 is 5.60 Å². The molecule has 0 saturated heterocycles. The minimum Gasteiger partial charge on any atom is -0.460 e. The zero-order chi connectivity index (χ0) is 13.5. The molecule has 17 heavy (non-hydrogen) atoms. The van der Waals surface area contributed by atoms with Crippen LogP contribution < -0.4 is 0 Å².